The maximum absolute atomic E-state index is 14.1. The Morgan fingerprint density at radius 3 is 2.71 bits per heavy atom. The van der Waals surface area contributed by atoms with E-state index in [9.17, 15) is 14.4 Å². The van der Waals surface area contributed by atoms with Crippen molar-refractivity contribution in [3.05, 3.63) is 53.1 Å². The zero-order valence-electron chi connectivity index (χ0n) is 21.7. The van der Waals surface area contributed by atoms with Gasteiger partial charge < -0.3 is 20.3 Å². The Balaban J connectivity index is 1.28. The summed E-state index contributed by atoms with van der Waals surface area (Å²) < 4.78 is 6.46. The van der Waals surface area contributed by atoms with Crippen LogP contribution in [0.4, 0.5) is 5.69 Å². The van der Waals surface area contributed by atoms with Crippen LogP contribution in [0.1, 0.15) is 64.2 Å². The summed E-state index contributed by atoms with van der Waals surface area (Å²) in [5.74, 6) is -2.06. The highest BCUT2D eigenvalue weighted by Crippen LogP contribution is 2.55. The molecule has 1 spiro atoms. The first-order valence-corrected chi connectivity index (χ1v) is 14.6. The SMILES string of the molecule is O=C(Nc1cccc(Cl)c1)[C@H]1[C@@H]2C=C[C@]3(O2)[C@@H]1C(=O)N(CCC1=CCCCC1)[C@H]3C(=O)NC1CCCCC1. The van der Waals surface area contributed by atoms with Crippen molar-refractivity contribution in [2.75, 3.05) is 11.9 Å². The lowest BCUT2D eigenvalue weighted by Crippen LogP contribution is -2.56. The van der Waals surface area contributed by atoms with E-state index in [2.05, 4.69) is 16.7 Å². The van der Waals surface area contributed by atoms with Crippen molar-refractivity contribution in [2.24, 2.45) is 11.8 Å². The summed E-state index contributed by atoms with van der Waals surface area (Å²) in [5.41, 5.74) is 0.792. The highest BCUT2D eigenvalue weighted by Gasteiger charge is 2.72. The summed E-state index contributed by atoms with van der Waals surface area (Å²) in [6.07, 6.45) is 16.0. The van der Waals surface area contributed by atoms with E-state index in [4.69, 9.17) is 16.3 Å². The molecule has 5 aliphatic rings. The number of hydrogen-bond donors (Lipinski definition) is 2. The van der Waals surface area contributed by atoms with Gasteiger partial charge in [0.25, 0.3) is 0 Å². The number of carbonyl (C=O) groups excluding carboxylic acids is 3. The average Bonchev–Trinajstić information content (AvgIpc) is 3.56. The topological polar surface area (TPSA) is 87.7 Å². The Labute approximate surface area is 229 Å². The summed E-state index contributed by atoms with van der Waals surface area (Å²) in [4.78, 5) is 43.3. The number of fused-ring (bicyclic) bond motifs is 1. The molecule has 1 aromatic rings. The van der Waals surface area contributed by atoms with Gasteiger partial charge >= 0.3 is 0 Å². The largest absolute Gasteiger partial charge is 0.359 e. The van der Waals surface area contributed by atoms with Gasteiger partial charge in [-0.15, -0.1) is 0 Å². The van der Waals surface area contributed by atoms with E-state index >= 15 is 0 Å². The lowest BCUT2D eigenvalue weighted by atomic mass is 9.74. The highest BCUT2D eigenvalue weighted by atomic mass is 35.5. The Kier molecular flexibility index (Phi) is 7.08. The van der Waals surface area contributed by atoms with Gasteiger partial charge in [0.05, 0.1) is 17.9 Å². The standard InChI is InChI=1S/C30H36ClN3O4/c31-20-10-7-13-22(18-20)33-27(35)24-23-14-16-30(38-23)25(24)29(37)34(17-15-19-8-3-1-4-9-19)26(30)28(36)32-21-11-5-2-6-12-21/h7-8,10,13-14,16,18,21,23-26H,1-6,9,11-12,15,17H2,(H,32,36)(H,33,35)/t23-,24-,25-,26-,30-/m0/s1. The van der Waals surface area contributed by atoms with E-state index in [0.717, 1.165) is 51.4 Å². The molecular weight excluding hydrogens is 502 g/mol. The van der Waals surface area contributed by atoms with Crippen LogP contribution in [0.5, 0.6) is 0 Å². The van der Waals surface area contributed by atoms with Crippen LogP contribution in [0, 0.1) is 11.8 Å². The third-order valence-corrected chi connectivity index (χ3v) is 9.26. The van der Waals surface area contributed by atoms with Gasteiger partial charge in [0, 0.05) is 23.3 Å². The van der Waals surface area contributed by atoms with Crippen LogP contribution in [0.15, 0.2) is 48.1 Å². The molecule has 7 nitrogen and oxygen atoms in total. The predicted octanol–water partition coefficient (Wildman–Crippen LogP) is 4.77. The molecule has 38 heavy (non-hydrogen) atoms. The number of nitrogens with zero attached hydrogens (tertiary/aromatic N) is 1. The van der Waals surface area contributed by atoms with Gasteiger partial charge in [0.15, 0.2) is 0 Å². The molecule has 3 heterocycles. The van der Waals surface area contributed by atoms with E-state index < -0.39 is 29.6 Å². The molecule has 202 valence electrons. The molecule has 2 aliphatic carbocycles. The summed E-state index contributed by atoms with van der Waals surface area (Å²) in [6, 6.07) is 6.30. The zero-order valence-corrected chi connectivity index (χ0v) is 22.4. The summed E-state index contributed by atoms with van der Waals surface area (Å²) in [5, 5.41) is 6.70. The molecule has 3 aliphatic heterocycles. The first-order valence-electron chi connectivity index (χ1n) is 14.2. The number of likely N-dealkylation sites (tertiary alicyclic amines) is 1. The molecule has 2 bridgehead atoms. The molecular formula is C30H36ClN3O4. The van der Waals surface area contributed by atoms with Crippen LogP contribution in [-0.4, -0.2) is 53.0 Å². The van der Waals surface area contributed by atoms with Crippen molar-refractivity contribution in [3.8, 4) is 0 Å². The third-order valence-electron chi connectivity index (χ3n) is 9.03. The fraction of sp³-hybridized carbons (Fsp3) is 0.567. The Morgan fingerprint density at radius 2 is 1.95 bits per heavy atom. The number of carbonyl (C=O) groups is 3. The van der Waals surface area contributed by atoms with Crippen molar-refractivity contribution in [3.63, 3.8) is 0 Å². The van der Waals surface area contributed by atoms with Crippen LogP contribution >= 0.6 is 11.6 Å². The second kappa shape index (κ2) is 10.5. The Bertz CT molecular complexity index is 1180. The van der Waals surface area contributed by atoms with E-state index in [1.165, 1.54) is 18.4 Å². The number of amides is 3. The van der Waals surface area contributed by atoms with Crippen molar-refractivity contribution >= 4 is 35.0 Å². The van der Waals surface area contributed by atoms with E-state index in [1.807, 2.05) is 12.2 Å². The normalized spacial score (nSPS) is 32.3. The van der Waals surface area contributed by atoms with Crippen molar-refractivity contribution in [1.82, 2.24) is 10.2 Å². The number of anilines is 1. The van der Waals surface area contributed by atoms with E-state index in [-0.39, 0.29) is 23.8 Å². The molecule has 2 N–H and O–H groups in total. The molecule has 0 radical (unpaired) electrons. The molecule has 3 fully saturated rings. The molecule has 5 atom stereocenters. The summed E-state index contributed by atoms with van der Waals surface area (Å²) in [7, 11) is 0. The minimum absolute atomic E-state index is 0.120. The molecule has 0 unspecified atom stereocenters. The van der Waals surface area contributed by atoms with Crippen LogP contribution < -0.4 is 10.6 Å². The first-order chi connectivity index (χ1) is 18.5. The molecule has 8 heteroatoms. The van der Waals surface area contributed by atoms with Gasteiger partial charge in [-0.2, -0.15) is 0 Å². The summed E-state index contributed by atoms with van der Waals surface area (Å²) >= 11 is 6.12. The van der Waals surface area contributed by atoms with Crippen molar-refractivity contribution in [2.45, 2.75) is 88.0 Å². The fourth-order valence-electron chi connectivity index (χ4n) is 7.22. The molecule has 0 aromatic heterocycles. The van der Waals surface area contributed by atoms with Crippen LogP contribution in [0.2, 0.25) is 5.02 Å². The number of benzene rings is 1. The van der Waals surface area contributed by atoms with Gasteiger partial charge in [-0.1, -0.05) is 60.7 Å². The Morgan fingerprint density at radius 1 is 1.11 bits per heavy atom. The quantitative estimate of drug-likeness (QED) is 0.490. The second-order valence-corrected chi connectivity index (χ2v) is 11.9. The smallest absolute Gasteiger partial charge is 0.246 e. The van der Waals surface area contributed by atoms with Gasteiger partial charge in [-0.05, 0) is 63.1 Å². The van der Waals surface area contributed by atoms with E-state index in [0.29, 0.717) is 17.3 Å². The summed E-state index contributed by atoms with van der Waals surface area (Å²) in [6.45, 7) is 0.455. The number of ether oxygens (including phenoxy) is 1. The highest BCUT2D eigenvalue weighted by molar-refractivity contribution is 6.30. The van der Waals surface area contributed by atoms with Crippen molar-refractivity contribution < 1.29 is 19.1 Å². The first kappa shape index (κ1) is 25.6. The predicted molar refractivity (Wildman–Crippen MR) is 145 cm³/mol. The van der Waals surface area contributed by atoms with E-state index in [1.54, 1.807) is 29.2 Å². The van der Waals surface area contributed by atoms with Gasteiger partial charge in [0.1, 0.15) is 11.6 Å². The number of allylic oxidation sites excluding steroid dienone is 1. The van der Waals surface area contributed by atoms with Crippen LogP contribution in [0.25, 0.3) is 0 Å². The lowest BCUT2D eigenvalue weighted by Gasteiger charge is -2.34. The minimum atomic E-state index is -1.13. The molecule has 1 aromatic carbocycles. The zero-order chi connectivity index (χ0) is 26.3. The maximum atomic E-state index is 14.1. The average molecular weight is 538 g/mol. The second-order valence-electron chi connectivity index (χ2n) is 11.4. The van der Waals surface area contributed by atoms with Gasteiger partial charge in [0.2, 0.25) is 17.7 Å². The third kappa shape index (κ3) is 4.58. The van der Waals surface area contributed by atoms with Crippen molar-refractivity contribution in [1.29, 1.82) is 0 Å². The minimum Gasteiger partial charge on any atom is -0.359 e. The van der Waals surface area contributed by atoms with Crippen LogP contribution in [-0.2, 0) is 19.1 Å². The monoisotopic (exact) mass is 537 g/mol. The number of halogens is 1. The number of hydrogen-bond acceptors (Lipinski definition) is 4. The fourth-order valence-corrected chi connectivity index (χ4v) is 7.41. The Hall–Kier alpha value is -2.64. The molecule has 2 saturated heterocycles. The molecule has 1 saturated carbocycles. The van der Waals surface area contributed by atoms with Gasteiger partial charge in [-0.3, -0.25) is 14.4 Å². The van der Waals surface area contributed by atoms with Crippen LogP contribution in [0.3, 0.4) is 0 Å². The van der Waals surface area contributed by atoms with Gasteiger partial charge in [-0.25, -0.2) is 0 Å². The number of rotatable bonds is 7. The molecule has 3 amide bonds. The number of nitrogens with one attached hydrogen (secondary N) is 2. The lowest BCUT2D eigenvalue weighted by molar-refractivity contribution is -0.141. The molecule has 6 rings (SSSR count). The maximum Gasteiger partial charge on any atom is 0.246 e.